The molecule has 1 N–H and O–H groups in total. The van der Waals surface area contributed by atoms with E-state index in [1.54, 1.807) is 12.1 Å². The topological polar surface area (TPSA) is 45.2 Å². The third-order valence-electron chi connectivity index (χ3n) is 3.77. The average Bonchev–Trinajstić information content (AvgIpc) is 2.59. The van der Waals surface area contributed by atoms with Gasteiger partial charge in [0.1, 0.15) is 5.15 Å². The van der Waals surface area contributed by atoms with Crippen LogP contribution in [0.3, 0.4) is 0 Å². The Labute approximate surface area is 142 Å². The number of benzene rings is 1. The Kier molecular flexibility index (Phi) is 6.56. The molecule has 0 saturated carbocycles. The van der Waals surface area contributed by atoms with Gasteiger partial charge in [0.05, 0.1) is 5.56 Å². The molecule has 0 unspecified atom stereocenters. The summed E-state index contributed by atoms with van der Waals surface area (Å²) in [6.45, 7) is 7.87. The minimum Gasteiger partial charge on any atom is -0.348 e. The summed E-state index contributed by atoms with van der Waals surface area (Å²) in [6, 6.07) is 11.6. The number of hydrogen-bond donors (Lipinski definition) is 1. The number of nitrogens with one attached hydrogen (secondary N) is 1. The van der Waals surface area contributed by atoms with Crippen LogP contribution < -0.4 is 5.32 Å². The molecule has 2 rings (SSSR count). The standard InChI is InChI=1S/C18H22ClN3O/c1-3-22(4-2)13-15-7-5-14(6-8-15)11-21-18(23)16-9-10-17(19)20-12-16/h5-10,12H,3-4,11,13H2,1-2H3,(H,21,23). The van der Waals surface area contributed by atoms with Crippen LogP contribution in [0.2, 0.25) is 5.15 Å². The van der Waals surface area contributed by atoms with Crippen molar-refractivity contribution in [3.63, 3.8) is 0 Å². The van der Waals surface area contributed by atoms with Crippen molar-refractivity contribution in [2.75, 3.05) is 13.1 Å². The fraction of sp³-hybridized carbons (Fsp3) is 0.333. The maximum Gasteiger partial charge on any atom is 0.253 e. The van der Waals surface area contributed by atoms with E-state index in [-0.39, 0.29) is 5.91 Å². The lowest BCUT2D eigenvalue weighted by atomic mass is 10.1. The van der Waals surface area contributed by atoms with Crippen LogP contribution in [0.1, 0.15) is 35.3 Å². The summed E-state index contributed by atoms with van der Waals surface area (Å²) in [6.07, 6.45) is 1.48. The maximum absolute atomic E-state index is 12.0. The molecule has 0 atom stereocenters. The summed E-state index contributed by atoms with van der Waals surface area (Å²) in [7, 11) is 0. The molecule has 1 aromatic carbocycles. The highest BCUT2D eigenvalue weighted by Crippen LogP contribution is 2.09. The Morgan fingerprint density at radius 3 is 2.30 bits per heavy atom. The molecule has 1 heterocycles. The molecular weight excluding hydrogens is 310 g/mol. The molecule has 0 aliphatic rings. The highest BCUT2D eigenvalue weighted by molar-refractivity contribution is 6.29. The van der Waals surface area contributed by atoms with Crippen molar-refractivity contribution < 1.29 is 4.79 Å². The van der Waals surface area contributed by atoms with Gasteiger partial charge in [-0.25, -0.2) is 4.98 Å². The van der Waals surface area contributed by atoms with E-state index in [2.05, 4.69) is 53.3 Å². The molecule has 0 aliphatic carbocycles. The largest absolute Gasteiger partial charge is 0.348 e. The van der Waals surface area contributed by atoms with Crippen molar-refractivity contribution in [2.24, 2.45) is 0 Å². The van der Waals surface area contributed by atoms with E-state index in [0.29, 0.717) is 17.3 Å². The molecular formula is C18H22ClN3O. The normalized spacial score (nSPS) is 10.8. The second-order valence-electron chi connectivity index (χ2n) is 5.33. The number of rotatable bonds is 7. The molecule has 0 fully saturated rings. The van der Waals surface area contributed by atoms with Crippen LogP contribution in [0.15, 0.2) is 42.6 Å². The monoisotopic (exact) mass is 331 g/mol. The van der Waals surface area contributed by atoms with Crippen LogP contribution in [0, 0.1) is 0 Å². The van der Waals surface area contributed by atoms with Gasteiger partial charge in [-0.05, 0) is 36.3 Å². The minimum absolute atomic E-state index is 0.151. The molecule has 0 saturated heterocycles. The van der Waals surface area contributed by atoms with E-state index in [4.69, 9.17) is 11.6 Å². The van der Waals surface area contributed by atoms with Gasteiger partial charge < -0.3 is 5.32 Å². The van der Waals surface area contributed by atoms with Gasteiger partial charge >= 0.3 is 0 Å². The van der Waals surface area contributed by atoms with E-state index < -0.39 is 0 Å². The average molecular weight is 332 g/mol. The number of carbonyl (C=O) groups is 1. The van der Waals surface area contributed by atoms with Crippen molar-refractivity contribution in [3.05, 3.63) is 64.4 Å². The zero-order valence-corrected chi connectivity index (χ0v) is 14.3. The predicted molar refractivity (Wildman–Crippen MR) is 93.5 cm³/mol. The summed E-state index contributed by atoms with van der Waals surface area (Å²) in [5.74, 6) is -0.151. The lowest BCUT2D eigenvalue weighted by molar-refractivity contribution is 0.0950. The third kappa shape index (κ3) is 5.34. The second kappa shape index (κ2) is 8.65. The Morgan fingerprint density at radius 2 is 1.74 bits per heavy atom. The van der Waals surface area contributed by atoms with Gasteiger partial charge in [-0.15, -0.1) is 0 Å². The number of hydrogen-bond acceptors (Lipinski definition) is 3. The van der Waals surface area contributed by atoms with E-state index in [1.807, 2.05) is 0 Å². The van der Waals surface area contributed by atoms with E-state index >= 15 is 0 Å². The van der Waals surface area contributed by atoms with Crippen LogP contribution in [0.4, 0.5) is 0 Å². The predicted octanol–water partition coefficient (Wildman–Crippen LogP) is 3.51. The van der Waals surface area contributed by atoms with Crippen LogP contribution in [-0.4, -0.2) is 28.9 Å². The first-order chi connectivity index (χ1) is 11.1. The van der Waals surface area contributed by atoms with Gasteiger partial charge in [-0.3, -0.25) is 9.69 Å². The molecule has 0 aliphatic heterocycles. The molecule has 1 amide bonds. The van der Waals surface area contributed by atoms with Crippen LogP contribution >= 0.6 is 11.6 Å². The van der Waals surface area contributed by atoms with Crippen molar-refractivity contribution in [2.45, 2.75) is 26.9 Å². The Bertz CT molecular complexity index is 622. The number of halogens is 1. The number of amides is 1. The van der Waals surface area contributed by atoms with Gasteiger partial charge in [0.25, 0.3) is 5.91 Å². The zero-order chi connectivity index (χ0) is 16.7. The van der Waals surface area contributed by atoms with Gasteiger partial charge in [0, 0.05) is 19.3 Å². The minimum atomic E-state index is -0.151. The molecule has 0 radical (unpaired) electrons. The second-order valence-corrected chi connectivity index (χ2v) is 5.72. The molecule has 4 nitrogen and oxygen atoms in total. The highest BCUT2D eigenvalue weighted by Gasteiger charge is 2.06. The number of pyridine rings is 1. The van der Waals surface area contributed by atoms with Gasteiger partial charge in [0.15, 0.2) is 0 Å². The summed E-state index contributed by atoms with van der Waals surface area (Å²) in [5, 5.41) is 3.26. The Morgan fingerprint density at radius 1 is 1.09 bits per heavy atom. The maximum atomic E-state index is 12.0. The summed E-state index contributed by atoms with van der Waals surface area (Å²) < 4.78 is 0. The molecule has 0 spiro atoms. The fourth-order valence-electron chi connectivity index (χ4n) is 2.26. The molecule has 122 valence electrons. The quantitative estimate of drug-likeness (QED) is 0.790. The summed E-state index contributed by atoms with van der Waals surface area (Å²) in [5.41, 5.74) is 2.86. The SMILES string of the molecule is CCN(CC)Cc1ccc(CNC(=O)c2ccc(Cl)nc2)cc1. The van der Waals surface area contributed by atoms with Crippen molar-refractivity contribution in [1.82, 2.24) is 15.2 Å². The van der Waals surface area contributed by atoms with Crippen LogP contribution in [0.25, 0.3) is 0 Å². The van der Waals surface area contributed by atoms with E-state index in [9.17, 15) is 4.79 Å². The molecule has 0 bridgehead atoms. The zero-order valence-electron chi connectivity index (χ0n) is 13.6. The third-order valence-corrected chi connectivity index (χ3v) is 3.99. The smallest absolute Gasteiger partial charge is 0.253 e. The van der Waals surface area contributed by atoms with Gasteiger partial charge in [-0.2, -0.15) is 0 Å². The van der Waals surface area contributed by atoms with Crippen molar-refractivity contribution in [1.29, 1.82) is 0 Å². The summed E-state index contributed by atoms with van der Waals surface area (Å²) >= 11 is 5.71. The van der Waals surface area contributed by atoms with Crippen molar-refractivity contribution >= 4 is 17.5 Å². The summed E-state index contributed by atoms with van der Waals surface area (Å²) in [4.78, 5) is 18.3. The first kappa shape index (κ1) is 17.4. The molecule has 5 heteroatoms. The number of aromatic nitrogens is 1. The first-order valence-electron chi connectivity index (χ1n) is 7.82. The highest BCUT2D eigenvalue weighted by atomic mass is 35.5. The Balaban J connectivity index is 1.88. The molecule has 23 heavy (non-hydrogen) atoms. The van der Waals surface area contributed by atoms with Gasteiger partial charge in [-0.1, -0.05) is 49.7 Å². The number of carbonyl (C=O) groups excluding carboxylic acids is 1. The van der Waals surface area contributed by atoms with E-state index in [1.165, 1.54) is 11.8 Å². The van der Waals surface area contributed by atoms with Gasteiger partial charge in [0.2, 0.25) is 0 Å². The Hall–Kier alpha value is -1.91. The van der Waals surface area contributed by atoms with Crippen LogP contribution in [-0.2, 0) is 13.1 Å². The molecule has 1 aromatic heterocycles. The van der Waals surface area contributed by atoms with Crippen LogP contribution in [0.5, 0.6) is 0 Å². The number of nitrogens with zero attached hydrogens (tertiary/aromatic N) is 2. The van der Waals surface area contributed by atoms with Crippen molar-refractivity contribution in [3.8, 4) is 0 Å². The fourth-order valence-corrected chi connectivity index (χ4v) is 2.37. The molecule has 2 aromatic rings. The first-order valence-corrected chi connectivity index (χ1v) is 8.20. The lowest BCUT2D eigenvalue weighted by Gasteiger charge is -2.18. The lowest BCUT2D eigenvalue weighted by Crippen LogP contribution is -2.23. The van der Waals surface area contributed by atoms with E-state index in [0.717, 1.165) is 25.2 Å².